The van der Waals surface area contributed by atoms with Crippen molar-refractivity contribution in [2.24, 2.45) is 0 Å². The molecule has 0 radical (unpaired) electrons. The number of aryl methyl sites for hydroxylation is 1. The lowest BCUT2D eigenvalue weighted by atomic mass is 10.1. The van der Waals surface area contributed by atoms with Gasteiger partial charge in [0.25, 0.3) is 0 Å². The summed E-state index contributed by atoms with van der Waals surface area (Å²) < 4.78 is 40.4. The number of halogens is 3. The second-order valence-electron chi connectivity index (χ2n) is 5.74. The summed E-state index contributed by atoms with van der Waals surface area (Å²) in [6.45, 7) is 2.21. The van der Waals surface area contributed by atoms with Crippen molar-refractivity contribution >= 4 is 17.5 Å². The Morgan fingerprint density at radius 2 is 1.73 bits per heavy atom. The van der Waals surface area contributed by atoms with Gasteiger partial charge in [0.15, 0.2) is 0 Å². The number of aromatic nitrogens is 2. The number of benzene rings is 2. The molecule has 0 saturated carbocycles. The maximum atomic E-state index is 13.8. The topological polar surface area (TPSA) is 49.8 Å². The van der Waals surface area contributed by atoms with Crippen LogP contribution in [0.15, 0.2) is 48.5 Å². The van der Waals surface area contributed by atoms with E-state index in [2.05, 4.69) is 20.6 Å². The number of hydrogen-bond donors (Lipinski definition) is 2. The van der Waals surface area contributed by atoms with Crippen LogP contribution in [0.3, 0.4) is 0 Å². The van der Waals surface area contributed by atoms with Crippen LogP contribution in [-0.2, 0) is 6.42 Å². The number of nitrogens with one attached hydrogen (secondary N) is 2. The highest BCUT2D eigenvalue weighted by molar-refractivity contribution is 5.58. The van der Waals surface area contributed by atoms with Crippen LogP contribution in [0.5, 0.6) is 0 Å². The minimum absolute atomic E-state index is 0.113. The summed E-state index contributed by atoms with van der Waals surface area (Å²) in [7, 11) is 0. The van der Waals surface area contributed by atoms with Gasteiger partial charge in [-0.3, -0.25) is 0 Å². The molecule has 0 bridgehead atoms. The molecular weight excluding hydrogens is 341 g/mol. The van der Waals surface area contributed by atoms with E-state index in [1.165, 1.54) is 12.1 Å². The summed E-state index contributed by atoms with van der Waals surface area (Å²) in [5, 5.41) is 5.83. The average molecular weight is 358 g/mol. The lowest BCUT2D eigenvalue weighted by molar-refractivity contribution is 0.586. The lowest BCUT2D eigenvalue weighted by Crippen LogP contribution is -2.10. The van der Waals surface area contributed by atoms with Crippen LogP contribution in [0.1, 0.15) is 11.3 Å². The molecule has 0 aliphatic carbocycles. The Kier molecular flexibility index (Phi) is 5.36. The predicted molar refractivity (Wildman–Crippen MR) is 95.0 cm³/mol. The molecule has 134 valence electrons. The molecule has 7 heteroatoms. The first-order chi connectivity index (χ1) is 12.5. The van der Waals surface area contributed by atoms with Gasteiger partial charge in [0.2, 0.25) is 5.95 Å². The van der Waals surface area contributed by atoms with Crippen molar-refractivity contribution in [3.8, 4) is 0 Å². The molecule has 0 amide bonds. The maximum absolute atomic E-state index is 13.8. The molecule has 2 aromatic carbocycles. The fourth-order valence-electron chi connectivity index (χ4n) is 2.45. The van der Waals surface area contributed by atoms with Crippen molar-refractivity contribution in [2.45, 2.75) is 13.3 Å². The third-order valence-corrected chi connectivity index (χ3v) is 3.68. The highest BCUT2D eigenvalue weighted by atomic mass is 19.1. The van der Waals surface area contributed by atoms with Crippen molar-refractivity contribution in [2.75, 3.05) is 17.2 Å². The molecule has 0 fully saturated rings. The Balaban J connectivity index is 1.68. The standard InChI is InChI=1S/C19H17F3N4/c1-12-10-18(25-17-7-6-14(20)11-16(17)22)26-19(24-12)23-9-8-13-4-2-3-5-15(13)21/h2-7,10-11H,8-9H2,1H3,(H2,23,24,25,26). The van der Waals surface area contributed by atoms with Crippen LogP contribution < -0.4 is 10.6 Å². The van der Waals surface area contributed by atoms with Gasteiger partial charge in [-0.25, -0.2) is 18.2 Å². The van der Waals surface area contributed by atoms with Gasteiger partial charge in [-0.2, -0.15) is 4.98 Å². The molecule has 0 spiro atoms. The molecule has 0 aliphatic heterocycles. The van der Waals surface area contributed by atoms with Gasteiger partial charge in [-0.05, 0) is 37.1 Å². The molecule has 0 saturated heterocycles. The molecule has 1 heterocycles. The summed E-state index contributed by atoms with van der Waals surface area (Å²) >= 11 is 0. The summed E-state index contributed by atoms with van der Waals surface area (Å²) in [5.41, 5.74) is 1.37. The summed E-state index contributed by atoms with van der Waals surface area (Å²) in [5.74, 6) is -0.908. The molecular formula is C19H17F3N4. The Morgan fingerprint density at radius 3 is 2.50 bits per heavy atom. The molecule has 2 N–H and O–H groups in total. The highest BCUT2D eigenvalue weighted by Gasteiger charge is 2.08. The third-order valence-electron chi connectivity index (χ3n) is 3.68. The second-order valence-corrected chi connectivity index (χ2v) is 5.74. The smallest absolute Gasteiger partial charge is 0.224 e. The molecule has 26 heavy (non-hydrogen) atoms. The van der Waals surface area contributed by atoms with E-state index in [4.69, 9.17) is 0 Å². The van der Waals surface area contributed by atoms with Gasteiger partial charge in [0, 0.05) is 24.4 Å². The van der Waals surface area contributed by atoms with Gasteiger partial charge in [0.05, 0.1) is 5.69 Å². The third kappa shape index (κ3) is 4.50. The van der Waals surface area contributed by atoms with Gasteiger partial charge >= 0.3 is 0 Å². The highest BCUT2D eigenvalue weighted by Crippen LogP contribution is 2.20. The average Bonchev–Trinajstić information content (AvgIpc) is 2.59. The fraction of sp³-hybridized carbons (Fsp3) is 0.158. The van der Waals surface area contributed by atoms with Crippen LogP contribution in [0, 0.1) is 24.4 Å². The Bertz CT molecular complexity index is 915. The lowest BCUT2D eigenvalue weighted by Gasteiger charge is -2.11. The SMILES string of the molecule is Cc1cc(Nc2ccc(F)cc2F)nc(NCCc2ccccc2F)n1. The number of hydrogen-bond acceptors (Lipinski definition) is 4. The number of anilines is 3. The van der Waals surface area contributed by atoms with E-state index in [-0.39, 0.29) is 11.5 Å². The van der Waals surface area contributed by atoms with Crippen molar-refractivity contribution in [1.29, 1.82) is 0 Å². The van der Waals surface area contributed by atoms with Crippen LogP contribution in [0.4, 0.5) is 30.6 Å². The number of nitrogens with zero attached hydrogens (tertiary/aromatic N) is 2. The predicted octanol–water partition coefficient (Wildman–Crippen LogP) is 4.60. The molecule has 3 rings (SSSR count). The van der Waals surface area contributed by atoms with E-state index in [0.29, 0.717) is 36.0 Å². The summed E-state index contributed by atoms with van der Waals surface area (Å²) in [6.07, 6.45) is 0.472. The Hall–Kier alpha value is -3.09. The van der Waals surface area contributed by atoms with Crippen molar-refractivity contribution in [3.63, 3.8) is 0 Å². The first-order valence-corrected chi connectivity index (χ1v) is 8.06. The van der Waals surface area contributed by atoms with Crippen LogP contribution in [0.25, 0.3) is 0 Å². The molecule has 1 aromatic heterocycles. The van der Waals surface area contributed by atoms with E-state index in [1.54, 1.807) is 31.2 Å². The zero-order valence-electron chi connectivity index (χ0n) is 14.1. The molecule has 3 aromatic rings. The van der Waals surface area contributed by atoms with Crippen molar-refractivity contribution in [3.05, 3.63) is 77.2 Å². The second kappa shape index (κ2) is 7.86. The van der Waals surface area contributed by atoms with Crippen molar-refractivity contribution < 1.29 is 13.2 Å². The summed E-state index contributed by atoms with van der Waals surface area (Å²) in [6, 6.07) is 11.5. The molecule has 0 unspecified atom stereocenters. The maximum Gasteiger partial charge on any atom is 0.224 e. The Morgan fingerprint density at radius 1 is 0.923 bits per heavy atom. The van der Waals surface area contributed by atoms with Gasteiger partial charge in [-0.1, -0.05) is 18.2 Å². The molecule has 0 aliphatic rings. The zero-order valence-corrected chi connectivity index (χ0v) is 14.1. The van der Waals surface area contributed by atoms with Crippen molar-refractivity contribution in [1.82, 2.24) is 9.97 Å². The first kappa shape index (κ1) is 17.7. The summed E-state index contributed by atoms with van der Waals surface area (Å²) in [4.78, 5) is 8.51. The number of rotatable bonds is 6. The normalized spacial score (nSPS) is 10.6. The minimum Gasteiger partial charge on any atom is -0.354 e. The minimum atomic E-state index is -0.713. The van der Waals surface area contributed by atoms with Crippen LogP contribution >= 0.6 is 0 Å². The largest absolute Gasteiger partial charge is 0.354 e. The van der Waals surface area contributed by atoms with Gasteiger partial charge in [0.1, 0.15) is 23.3 Å². The zero-order chi connectivity index (χ0) is 18.5. The van der Waals surface area contributed by atoms with Gasteiger partial charge in [-0.15, -0.1) is 0 Å². The molecule has 0 atom stereocenters. The monoisotopic (exact) mass is 358 g/mol. The quantitative estimate of drug-likeness (QED) is 0.676. The molecule has 4 nitrogen and oxygen atoms in total. The fourth-order valence-corrected chi connectivity index (χ4v) is 2.45. The van der Waals surface area contributed by atoms with Crippen LogP contribution in [-0.4, -0.2) is 16.5 Å². The first-order valence-electron chi connectivity index (χ1n) is 8.06. The van der Waals surface area contributed by atoms with Gasteiger partial charge < -0.3 is 10.6 Å². The van der Waals surface area contributed by atoms with E-state index >= 15 is 0 Å². The van der Waals surface area contributed by atoms with E-state index < -0.39 is 11.6 Å². The van der Waals surface area contributed by atoms with E-state index in [1.807, 2.05) is 0 Å². The Labute approximate surface area is 149 Å². The van der Waals surface area contributed by atoms with E-state index in [0.717, 1.165) is 12.1 Å². The van der Waals surface area contributed by atoms with Crippen LogP contribution in [0.2, 0.25) is 0 Å². The van der Waals surface area contributed by atoms with E-state index in [9.17, 15) is 13.2 Å².